The lowest BCUT2D eigenvalue weighted by molar-refractivity contribution is 0.493. The number of nitrogens with two attached hydrogens (primary N) is 1. The van der Waals surface area contributed by atoms with Gasteiger partial charge in [-0.2, -0.15) is 0 Å². The Morgan fingerprint density at radius 1 is 1.38 bits per heavy atom. The third kappa shape index (κ3) is 1.94. The lowest BCUT2D eigenvalue weighted by Gasteiger charge is -1.98. The Hall–Kier alpha value is -1.62. The molecule has 0 spiro atoms. The monoisotopic (exact) mass is 193 g/mol. The zero-order chi connectivity index (χ0) is 9.10. The summed E-state index contributed by atoms with van der Waals surface area (Å²) in [5.74, 6) is 0.686. The number of pyridine rings is 1. The Morgan fingerprint density at radius 2 is 2.31 bits per heavy atom. The minimum atomic E-state index is 0.499. The molecule has 66 valence electrons. The van der Waals surface area contributed by atoms with Gasteiger partial charge in [0.1, 0.15) is 5.75 Å². The summed E-state index contributed by atoms with van der Waals surface area (Å²) in [6.45, 7) is 0. The molecule has 0 aromatic carbocycles. The van der Waals surface area contributed by atoms with E-state index in [9.17, 15) is 0 Å². The summed E-state index contributed by atoms with van der Waals surface area (Å²) >= 11 is 1.30. The molecule has 0 aliphatic rings. The number of ether oxygens (including phenoxy) is 1. The molecule has 0 saturated heterocycles. The van der Waals surface area contributed by atoms with Crippen molar-refractivity contribution in [2.75, 3.05) is 5.73 Å². The molecule has 5 heteroatoms. The first-order valence-electron chi connectivity index (χ1n) is 3.64. The summed E-state index contributed by atoms with van der Waals surface area (Å²) in [5.41, 5.74) is 5.44. The molecule has 0 unspecified atom stereocenters. The van der Waals surface area contributed by atoms with E-state index in [1.165, 1.54) is 11.3 Å². The van der Waals surface area contributed by atoms with E-state index in [4.69, 9.17) is 10.5 Å². The molecule has 0 aliphatic carbocycles. The van der Waals surface area contributed by atoms with Crippen molar-refractivity contribution < 1.29 is 4.74 Å². The molecule has 0 saturated carbocycles. The normalized spacial score (nSPS) is 9.85. The maximum atomic E-state index is 5.44. The van der Waals surface area contributed by atoms with Gasteiger partial charge >= 0.3 is 0 Å². The van der Waals surface area contributed by atoms with Gasteiger partial charge in [0.25, 0.3) is 0 Å². The predicted molar refractivity (Wildman–Crippen MR) is 50.8 cm³/mol. The van der Waals surface area contributed by atoms with Gasteiger partial charge in [0, 0.05) is 6.20 Å². The molecule has 0 bridgehead atoms. The van der Waals surface area contributed by atoms with E-state index in [0.29, 0.717) is 15.9 Å². The lowest BCUT2D eigenvalue weighted by Crippen LogP contribution is -1.80. The SMILES string of the molecule is Nc1ncc(Oc2cccnc2)s1. The summed E-state index contributed by atoms with van der Waals surface area (Å²) in [7, 11) is 0. The second kappa shape index (κ2) is 3.40. The Kier molecular flexibility index (Phi) is 2.09. The Balaban J connectivity index is 2.15. The summed E-state index contributed by atoms with van der Waals surface area (Å²) in [6, 6.07) is 3.63. The zero-order valence-corrected chi connectivity index (χ0v) is 7.49. The van der Waals surface area contributed by atoms with Gasteiger partial charge in [-0.3, -0.25) is 4.98 Å². The molecular formula is C8H7N3OS. The summed E-state index contributed by atoms with van der Waals surface area (Å²) < 4.78 is 5.41. The third-order valence-corrected chi connectivity index (χ3v) is 2.06. The third-order valence-electron chi connectivity index (χ3n) is 1.36. The van der Waals surface area contributed by atoms with Crippen LogP contribution < -0.4 is 10.5 Å². The van der Waals surface area contributed by atoms with Gasteiger partial charge in [0.15, 0.2) is 5.13 Å². The minimum absolute atomic E-state index is 0.499. The summed E-state index contributed by atoms with van der Waals surface area (Å²) in [4.78, 5) is 7.78. The van der Waals surface area contributed by atoms with Gasteiger partial charge in [-0.15, -0.1) is 0 Å². The molecule has 0 fully saturated rings. The Labute approximate surface area is 79.0 Å². The number of nitrogen functional groups attached to an aromatic ring is 1. The van der Waals surface area contributed by atoms with Crippen LogP contribution >= 0.6 is 11.3 Å². The van der Waals surface area contributed by atoms with E-state index in [1.807, 2.05) is 6.07 Å². The van der Waals surface area contributed by atoms with Crippen LogP contribution in [0.1, 0.15) is 0 Å². The van der Waals surface area contributed by atoms with Crippen LogP contribution in [0.15, 0.2) is 30.7 Å². The van der Waals surface area contributed by atoms with Crippen molar-refractivity contribution in [2.24, 2.45) is 0 Å². The van der Waals surface area contributed by atoms with Crippen LogP contribution in [0.2, 0.25) is 0 Å². The van der Waals surface area contributed by atoms with Crippen LogP contribution in [0.3, 0.4) is 0 Å². The second-order valence-electron chi connectivity index (χ2n) is 2.31. The largest absolute Gasteiger partial charge is 0.443 e. The average molecular weight is 193 g/mol. The highest BCUT2D eigenvalue weighted by Gasteiger charge is 2.00. The van der Waals surface area contributed by atoms with Gasteiger partial charge in [-0.25, -0.2) is 4.98 Å². The van der Waals surface area contributed by atoms with E-state index < -0.39 is 0 Å². The number of anilines is 1. The number of hydrogen-bond acceptors (Lipinski definition) is 5. The highest BCUT2D eigenvalue weighted by molar-refractivity contribution is 7.17. The molecule has 0 aliphatic heterocycles. The Morgan fingerprint density at radius 3 is 2.92 bits per heavy atom. The van der Waals surface area contributed by atoms with Crippen molar-refractivity contribution in [2.45, 2.75) is 0 Å². The standard InChI is InChI=1S/C8H7N3OS/c9-8-11-5-7(13-8)12-6-2-1-3-10-4-6/h1-5H,(H2,9,11). The van der Waals surface area contributed by atoms with Gasteiger partial charge in [-0.05, 0) is 12.1 Å². The molecule has 2 N–H and O–H groups in total. The van der Waals surface area contributed by atoms with Crippen LogP contribution in [0.25, 0.3) is 0 Å². The highest BCUT2D eigenvalue weighted by Crippen LogP contribution is 2.27. The maximum Gasteiger partial charge on any atom is 0.202 e. The van der Waals surface area contributed by atoms with Crippen LogP contribution in [0.5, 0.6) is 10.8 Å². The van der Waals surface area contributed by atoms with E-state index in [0.717, 1.165) is 0 Å². The molecule has 0 radical (unpaired) electrons. The number of aromatic nitrogens is 2. The van der Waals surface area contributed by atoms with Crippen molar-refractivity contribution in [1.82, 2.24) is 9.97 Å². The van der Waals surface area contributed by atoms with Crippen LogP contribution in [0, 0.1) is 0 Å². The molecule has 2 rings (SSSR count). The molecule has 2 aromatic heterocycles. The first-order chi connectivity index (χ1) is 6.34. The van der Waals surface area contributed by atoms with Crippen molar-refractivity contribution in [3.05, 3.63) is 30.7 Å². The number of hydrogen-bond donors (Lipinski definition) is 1. The quantitative estimate of drug-likeness (QED) is 0.791. The van der Waals surface area contributed by atoms with E-state index >= 15 is 0 Å². The molecule has 13 heavy (non-hydrogen) atoms. The van der Waals surface area contributed by atoms with Gasteiger partial charge < -0.3 is 10.5 Å². The summed E-state index contributed by atoms with van der Waals surface area (Å²) in [6.07, 6.45) is 4.91. The van der Waals surface area contributed by atoms with Crippen LogP contribution in [-0.4, -0.2) is 9.97 Å². The fourth-order valence-corrected chi connectivity index (χ4v) is 1.40. The molecular weight excluding hydrogens is 186 g/mol. The number of rotatable bonds is 2. The lowest BCUT2D eigenvalue weighted by atomic mass is 10.5. The molecule has 0 atom stereocenters. The first-order valence-corrected chi connectivity index (χ1v) is 4.45. The van der Waals surface area contributed by atoms with Crippen molar-refractivity contribution in [3.63, 3.8) is 0 Å². The first kappa shape index (κ1) is 8.00. The topological polar surface area (TPSA) is 61.0 Å². The van der Waals surface area contributed by atoms with Crippen molar-refractivity contribution in [1.29, 1.82) is 0 Å². The van der Waals surface area contributed by atoms with Gasteiger partial charge in [-0.1, -0.05) is 11.3 Å². The average Bonchev–Trinajstić information content (AvgIpc) is 2.53. The number of nitrogens with zero attached hydrogens (tertiary/aromatic N) is 2. The molecule has 4 nitrogen and oxygen atoms in total. The van der Waals surface area contributed by atoms with E-state index in [-0.39, 0.29) is 0 Å². The fourth-order valence-electron chi connectivity index (χ4n) is 0.843. The van der Waals surface area contributed by atoms with E-state index in [2.05, 4.69) is 9.97 Å². The smallest absolute Gasteiger partial charge is 0.202 e. The van der Waals surface area contributed by atoms with Crippen LogP contribution in [0.4, 0.5) is 5.13 Å². The zero-order valence-electron chi connectivity index (χ0n) is 6.68. The predicted octanol–water partition coefficient (Wildman–Crippen LogP) is 1.91. The fraction of sp³-hybridized carbons (Fsp3) is 0. The minimum Gasteiger partial charge on any atom is -0.443 e. The second-order valence-corrected chi connectivity index (χ2v) is 3.33. The van der Waals surface area contributed by atoms with Crippen LogP contribution in [-0.2, 0) is 0 Å². The van der Waals surface area contributed by atoms with Gasteiger partial charge in [0.2, 0.25) is 5.06 Å². The van der Waals surface area contributed by atoms with Crippen molar-refractivity contribution >= 4 is 16.5 Å². The molecule has 0 amide bonds. The summed E-state index contributed by atoms with van der Waals surface area (Å²) in [5, 5.41) is 1.17. The molecule has 2 heterocycles. The number of thiazole rings is 1. The van der Waals surface area contributed by atoms with E-state index in [1.54, 1.807) is 24.7 Å². The maximum absolute atomic E-state index is 5.44. The van der Waals surface area contributed by atoms with Gasteiger partial charge in [0.05, 0.1) is 12.4 Å². The highest BCUT2D eigenvalue weighted by atomic mass is 32.1. The molecule has 2 aromatic rings. The Bertz CT molecular complexity index is 387. The van der Waals surface area contributed by atoms with Crippen molar-refractivity contribution in [3.8, 4) is 10.8 Å².